The van der Waals surface area contributed by atoms with E-state index in [1.54, 1.807) is 6.07 Å². The van der Waals surface area contributed by atoms with Crippen LogP contribution in [-0.2, 0) is 0 Å². The molecule has 2 heteroatoms. The molecule has 0 atom stereocenters. The summed E-state index contributed by atoms with van der Waals surface area (Å²) < 4.78 is 0. The lowest BCUT2D eigenvalue weighted by Gasteiger charge is -2.16. The smallest absolute Gasteiger partial charge is 0.116 e. The third-order valence-corrected chi connectivity index (χ3v) is 4.93. The van der Waals surface area contributed by atoms with E-state index in [1.165, 1.54) is 27.1 Å². The molecule has 0 unspecified atom stereocenters. The number of phenols is 2. The van der Waals surface area contributed by atoms with Gasteiger partial charge in [0.2, 0.25) is 0 Å². The highest BCUT2D eigenvalue weighted by molar-refractivity contribution is 6.30. The molecule has 0 spiro atoms. The van der Waals surface area contributed by atoms with Gasteiger partial charge in [-0.15, -0.1) is 0 Å². The highest BCUT2D eigenvalue weighted by atomic mass is 16.3. The Labute approximate surface area is 132 Å². The maximum absolute atomic E-state index is 9.93. The first-order chi connectivity index (χ1) is 11.1. The molecule has 0 aliphatic heterocycles. The molecule has 0 aromatic heterocycles. The predicted octanol–water partition coefficient (Wildman–Crippen LogP) is 5.46. The summed E-state index contributed by atoms with van der Waals surface area (Å²) in [6, 6.07) is 17.5. The van der Waals surface area contributed by atoms with E-state index in [2.05, 4.69) is 31.2 Å². The van der Waals surface area contributed by atoms with Crippen molar-refractivity contribution in [2.45, 2.75) is 6.92 Å². The van der Waals surface area contributed by atoms with Crippen molar-refractivity contribution < 1.29 is 10.2 Å². The number of aryl methyl sites for hydroxylation is 1. The zero-order valence-electron chi connectivity index (χ0n) is 12.6. The molecule has 0 aliphatic carbocycles. The number of phenolic OH excluding ortho intramolecular Hbond substituents is 2. The van der Waals surface area contributed by atoms with Crippen molar-refractivity contribution in [3.8, 4) is 11.5 Å². The normalized spacial score (nSPS) is 12.0. The van der Waals surface area contributed by atoms with Gasteiger partial charge in [0.05, 0.1) is 0 Å². The highest BCUT2D eigenvalue weighted by Crippen LogP contribution is 2.42. The molecule has 5 rings (SSSR count). The van der Waals surface area contributed by atoms with E-state index in [-0.39, 0.29) is 0 Å². The van der Waals surface area contributed by atoms with Crippen molar-refractivity contribution in [1.29, 1.82) is 0 Å². The Bertz CT molecular complexity index is 1220. The van der Waals surface area contributed by atoms with Crippen LogP contribution >= 0.6 is 0 Å². The van der Waals surface area contributed by atoms with Gasteiger partial charge in [-0.05, 0) is 79.8 Å². The topological polar surface area (TPSA) is 40.5 Å². The molecule has 0 radical (unpaired) electrons. The van der Waals surface area contributed by atoms with Crippen LogP contribution in [0.25, 0.3) is 43.1 Å². The standard InChI is InChI=1S/C21H14O2/c1-11-16-5-2-12-8-15(23)9-13-3-6-18(21(16)20(12)13)17-7-4-14(22)10-19(11)17/h2-10,22-23H,1H3. The number of fused-ring (bicyclic) bond motifs is 2. The van der Waals surface area contributed by atoms with Gasteiger partial charge in [-0.25, -0.2) is 0 Å². The van der Waals surface area contributed by atoms with E-state index in [9.17, 15) is 10.2 Å². The van der Waals surface area contributed by atoms with Crippen LogP contribution in [0.3, 0.4) is 0 Å². The molecule has 23 heavy (non-hydrogen) atoms. The number of aromatic hydroxyl groups is 2. The van der Waals surface area contributed by atoms with Gasteiger partial charge in [-0.3, -0.25) is 0 Å². The third-order valence-electron chi connectivity index (χ3n) is 4.93. The highest BCUT2D eigenvalue weighted by Gasteiger charge is 2.14. The number of hydrogen-bond acceptors (Lipinski definition) is 2. The molecule has 0 heterocycles. The van der Waals surface area contributed by atoms with E-state index in [0.29, 0.717) is 11.5 Å². The molecule has 110 valence electrons. The first-order valence-electron chi connectivity index (χ1n) is 7.66. The Morgan fingerprint density at radius 2 is 1.22 bits per heavy atom. The first-order valence-corrected chi connectivity index (χ1v) is 7.66. The van der Waals surface area contributed by atoms with Crippen LogP contribution in [0.5, 0.6) is 11.5 Å². The second-order valence-electron chi connectivity index (χ2n) is 6.22. The van der Waals surface area contributed by atoms with Gasteiger partial charge in [0.25, 0.3) is 0 Å². The van der Waals surface area contributed by atoms with Gasteiger partial charge < -0.3 is 10.2 Å². The van der Waals surface area contributed by atoms with Crippen molar-refractivity contribution in [3.05, 3.63) is 60.2 Å². The maximum atomic E-state index is 9.93. The van der Waals surface area contributed by atoms with E-state index < -0.39 is 0 Å². The van der Waals surface area contributed by atoms with Gasteiger partial charge in [-0.2, -0.15) is 0 Å². The van der Waals surface area contributed by atoms with Gasteiger partial charge in [0.1, 0.15) is 11.5 Å². The van der Waals surface area contributed by atoms with E-state index in [1.807, 2.05) is 24.3 Å². The fraction of sp³-hybridized carbons (Fsp3) is 0.0476. The molecule has 0 saturated carbocycles. The molecular weight excluding hydrogens is 284 g/mol. The molecule has 5 aromatic carbocycles. The van der Waals surface area contributed by atoms with Crippen molar-refractivity contribution in [2.24, 2.45) is 0 Å². The lowest BCUT2D eigenvalue weighted by Crippen LogP contribution is -1.89. The van der Waals surface area contributed by atoms with Gasteiger partial charge in [0, 0.05) is 0 Å². The van der Waals surface area contributed by atoms with Crippen LogP contribution in [0.1, 0.15) is 5.56 Å². The van der Waals surface area contributed by atoms with Crippen LogP contribution in [-0.4, -0.2) is 10.2 Å². The molecule has 0 saturated heterocycles. The first kappa shape index (κ1) is 12.5. The summed E-state index contributed by atoms with van der Waals surface area (Å²) in [6.45, 7) is 2.10. The molecule has 2 nitrogen and oxygen atoms in total. The van der Waals surface area contributed by atoms with Crippen molar-refractivity contribution in [1.82, 2.24) is 0 Å². The van der Waals surface area contributed by atoms with Crippen LogP contribution in [0.2, 0.25) is 0 Å². The van der Waals surface area contributed by atoms with E-state index in [4.69, 9.17) is 0 Å². The lowest BCUT2D eigenvalue weighted by molar-refractivity contribution is 0.476. The molecule has 5 aromatic rings. The Morgan fingerprint density at radius 3 is 1.96 bits per heavy atom. The zero-order valence-corrected chi connectivity index (χ0v) is 12.6. The second kappa shape index (κ2) is 4.05. The Balaban J connectivity index is 2.18. The summed E-state index contributed by atoms with van der Waals surface area (Å²) >= 11 is 0. The minimum absolute atomic E-state index is 0.290. The molecule has 2 N–H and O–H groups in total. The molecule has 0 bridgehead atoms. The summed E-state index contributed by atoms with van der Waals surface area (Å²) in [5.74, 6) is 0.584. The molecule has 0 amide bonds. The Kier molecular flexibility index (Phi) is 2.21. The number of benzene rings is 5. The summed E-state index contributed by atoms with van der Waals surface area (Å²) in [5.41, 5.74) is 1.17. The minimum atomic E-state index is 0.290. The van der Waals surface area contributed by atoms with Crippen LogP contribution in [0.4, 0.5) is 0 Å². The van der Waals surface area contributed by atoms with Crippen molar-refractivity contribution in [2.75, 3.05) is 0 Å². The number of rotatable bonds is 0. The second-order valence-corrected chi connectivity index (χ2v) is 6.22. The van der Waals surface area contributed by atoms with Gasteiger partial charge in [-0.1, -0.05) is 30.3 Å². The van der Waals surface area contributed by atoms with E-state index in [0.717, 1.165) is 21.5 Å². The predicted molar refractivity (Wildman–Crippen MR) is 95.7 cm³/mol. The largest absolute Gasteiger partial charge is 0.508 e. The van der Waals surface area contributed by atoms with E-state index >= 15 is 0 Å². The monoisotopic (exact) mass is 298 g/mol. The molecule has 0 aliphatic rings. The molecular formula is C21H14O2. The fourth-order valence-corrected chi connectivity index (χ4v) is 3.91. The fourth-order valence-electron chi connectivity index (χ4n) is 3.91. The van der Waals surface area contributed by atoms with Gasteiger partial charge >= 0.3 is 0 Å². The van der Waals surface area contributed by atoms with Crippen molar-refractivity contribution in [3.63, 3.8) is 0 Å². The molecule has 0 fully saturated rings. The summed E-state index contributed by atoms with van der Waals surface area (Å²) in [5, 5.41) is 28.9. The summed E-state index contributed by atoms with van der Waals surface area (Å²) in [4.78, 5) is 0. The minimum Gasteiger partial charge on any atom is -0.508 e. The zero-order chi connectivity index (χ0) is 15.7. The van der Waals surface area contributed by atoms with Gasteiger partial charge in [0.15, 0.2) is 0 Å². The Hall–Kier alpha value is -3.00. The summed E-state index contributed by atoms with van der Waals surface area (Å²) in [6.07, 6.45) is 0. The average molecular weight is 298 g/mol. The van der Waals surface area contributed by atoms with Crippen molar-refractivity contribution >= 4 is 43.1 Å². The van der Waals surface area contributed by atoms with Crippen LogP contribution < -0.4 is 0 Å². The third kappa shape index (κ3) is 1.53. The lowest BCUT2D eigenvalue weighted by atomic mass is 9.88. The maximum Gasteiger partial charge on any atom is 0.116 e. The quantitative estimate of drug-likeness (QED) is 0.294. The SMILES string of the molecule is Cc1c2cc(O)ccc2c2ccc3cc(O)cc4ccc1c2c43. The average Bonchev–Trinajstić information content (AvgIpc) is 2.54. The van der Waals surface area contributed by atoms with Crippen LogP contribution in [0, 0.1) is 6.92 Å². The number of hydrogen-bond donors (Lipinski definition) is 2. The summed E-state index contributed by atoms with van der Waals surface area (Å²) in [7, 11) is 0. The Morgan fingerprint density at radius 1 is 0.565 bits per heavy atom. The van der Waals surface area contributed by atoms with Crippen LogP contribution in [0.15, 0.2) is 54.6 Å².